The largest absolute Gasteiger partial charge is 0.464 e. The van der Waals surface area contributed by atoms with E-state index in [4.69, 9.17) is 14.2 Å². The predicted molar refractivity (Wildman–Crippen MR) is 78.9 cm³/mol. The monoisotopic (exact) mass is 283 g/mol. The molecule has 5 nitrogen and oxygen atoms in total. The summed E-state index contributed by atoms with van der Waals surface area (Å²) >= 11 is 0. The van der Waals surface area contributed by atoms with Crippen molar-refractivity contribution < 1.29 is 9.25 Å². The molecule has 2 bridgehead atoms. The molecule has 3 fully saturated rings. The highest BCUT2D eigenvalue weighted by Gasteiger charge is 2.51. The number of furan rings is 1. The maximum Gasteiger partial charge on any atom is 0.202 e. The van der Waals surface area contributed by atoms with Crippen LogP contribution in [0.3, 0.4) is 0 Å². The van der Waals surface area contributed by atoms with Gasteiger partial charge in [-0.2, -0.15) is 0 Å². The van der Waals surface area contributed by atoms with Crippen molar-refractivity contribution in [3.05, 3.63) is 36.1 Å². The molecule has 108 valence electrons. The molecule has 5 heteroatoms. The zero-order chi connectivity index (χ0) is 13.9. The summed E-state index contributed by atoms with van der Waals surface area (Å²) in [6, 6.07) is 8.07. The number of nitrogens with one attached hydrogen (secondary N) is 1. The van der Waals surface area contributed by atoms with E-state index in [-0.39, 0.29) is 5.72 Å². The summed E-state index contributed by atoms with van der Waals surface area (Å²) < 4.78 is 5.39. The molecule has 0 radical (unpaired) electrons. The smallest absolute Gasteiger partial charge is 0.202 e. The molecular formula is C16H17N3O2. The van der Waals surface area contributed by atoms with Crippen LogP contribution in [0.2, 0.25) is 0 Å². The fraction of sp³-hybridized carbons (Fsp3) is 0.438. The molecule has 1 aromatic carbocycles. The van der Waals surface area contributed by atoms with Crippen LogP contribution >= 0.6 is 0 Å². The predicted octanol–water partition coefficient (Wildman–Crippen LogP) is 2.14. The third-order valence-corrected chi connectivity index (χ3v) is 5.03. The fourth-order valence-electron chi connectivity index (χ4n) is 3.84. The number of aliphatic imine (C=N–C) groups is 1. The van der Waals surface area contributed by atoms with E-state index in [0.717, 1.165) is 28.9 Å². The first-order valence-electron chi connectivity index (χ1n) is 7.56. The normalized spacial score (nSPS) is 34.4. The average Bonchev–Trinajstić information content (AvgIpc) is 3.15. The van der Waals surface area contributed by atoms with Crippen LogP contribution in [0, 0.1) is 5.92 Å². The van der Waals surface area contributed by atoms with Gasteiger partial charge in [0.15, 0.2) is 5.84 Å². The Bertz CT molecular complexity index is 730. The number of hydroxylamine groups is 1. The number of nitrogens with zero attached hydrogens (tertiary/aromatic N) is 2. The van der Waals surface area contributed by atoms with Crippen molar-refractivity contribution in [3.63, 3.8) is 0 Å². The standard InChI is InChI=1S/C16H17N3O2/c1-2-14-11(5-8-20-14)9-12(1)15-17-16(21-18-15)10-19-6-3-13(16)4-7-19/h1-2,5,8-9,13H,3-4,6-7,10H2,(H,17,18)/t16-/m0/s1. The summed E-state index contributed by atoms with van der Waals surface area (Å²) in [5.41, 5.74) is 4.64. The molecule has 1 spiro atoms. The van der Waals surface area contributed by atoms with Crippen LogP contribution in [-0.2, 0) is 4.84 Å². The average molecular weight is 283 g/mol. The van der Waals surface area contributed by atoms with Gasteiger partial charge in [0.25, 0.3) is 0 Å². The van der Waals surface area contributed by atoms with Crippen molar-refractivity contribution in [2.75, 3.05) is 19.6 Å². The Morgan fingerprint density at radius 3 is 2.95 bits per heavy atom. The lowest BCUT2D eigenvalue weighted by Crippen LogP contribution is -2.58. The molecule has 3 saturated heterocycles. The van der Waals surface area contributed by atoms with Crippen molar-refractivity contribution in [1.29, 1.82) is 0 Å². The van der Waals surface area contributed by atoms with Gasteiger partial charge in [-0.1, -0.05) is 0 Å². The van der Waals surface area contributed by atoms with Crippen molar-refractivity contribution in [2.45, 2.75) is 18.6 Å². The molecule has 2 aromatic rings. The Hall–Kier alpha value is -1.85. The Kier molecular flexibility index (Phi) is 2.29. The molecule has 4 aliphatic heterocycles. The van der Waals surface area contributed by atoms with Gasteiger partial charge in [0.05, 0.1) is 12.8 Å². The lowest BCUT2D eigenvalue weighted by atomic mass is 9.81. The first-order chi connectivity index (χ1) is 10.3. The van der Waals surface area contributed by atoms with Gasteiger partial charge >= 0.3 is 0 Å². The molecule has 21 heavy (non-hydrogen) atoms. The van der Waals surface area contributed by atoms with Crippen LogP contribution in [-0.4, -0.2) is 36.1 Å². The molecule has 4 aliphatic rings. The van der Waals surface area contributed by atoms with Gasteiger partial charge in [-0.25, -0.2) is 15.3 Å². The van der Waals surface area contributed by atoms with Crippen LogP contribution < -0.4 is 5.48 Å². The molecule has 0 unspecified atom stereocenters. The molecule has 1 atom stereocenters. The minimum Gasteiger partial charge on any atom is -0.464 e. The van der Waals surface area contributed by atoms with E-state index in [0.29, 0.717) is 5.92 Å². The zero-order valence-electron chi connectivity index (χ0n) is 11.7. The topological polar surface area (TPSA) is 50.0 Å². The molecule has 0 amide bonds. The second kappa shape index (κ2) is 4.08. The number of hydrogen-bond acceptors (Lipinski definition) is 5. The Morgan fingerprint density at radius 2 is 2.14 bits per heavy atom. The van der Waals surface area contributed by atoms with Gasteiger partial charge in [0, 0.05) is 16.9 Å². The maximum atomic E-state index is 5.96. The first-order valence-corrected chi connectivity index (χ1v) is 7.56. The number of hydrogen-bond donors (Lipinski definition) is 1. The van der Waals surface area contributed by atoms with E-state index >= 15 is 0 Å². The minimum atomic E-state index is -0.378. The Labute approximate surface area is 122 Å². The molecule has 0 aliphatic carbocycles. The summed E-state index contributed by atoms with van der Waals surface area (Å²) in [6.45, 7) is 3.27. The van der Waals surface area contributed by atoms with Crippen molar-refractivity contribution in [1.82, 2.24) is 10.4 Å². The number of benzene rings is 1. The molecule has 0 saturated carbocycles. The third kappa shape index (κ3) is 1.68. The maximum absolute atomic E-state index is 5.96. The van der Waals surface area contributed by atoms with E-state index in [1.54, 1.807) is 6.26 Å². The van der Waals surface area contributed by atoms with E-state index in [2.05, 4.69) is 16.4 Å². The van der Waals surface area contributed by atoms with Crippen LogP contribution in [0.1, 0.15) is 18.4 Å². The minimum absolute atomic E-state index is 0.378. The first kappa shape index (κ1) is 11.8. The van der Waals surface area contributed by atoms with E-state index < -0.39 is 0 Å². The van der Waals surface area contributed by atoms with Gasteiger partial charge in [0.2, 0.25) is 5.72 Å². The number of fused-ring (bicyclic) bond motifs is 3. The Balaban J connectivity index is 1.53. The lowest BCUT2D eigenvalue weighted by molar-refractivity contribution is -0.155. The summed E-state index contributed by atoms with van der Waals surface area (Å²) in [5.74, 6) is 1.37. The van der Waals surface area contributed by atoms with Crippen molar-refractivity contribution in [2.24, 2.45) is 10.9 Å². The van der Waals surface area contributed by atoms with Gasteiger partial charge in [-0.3, -0.25) is 4.90 Å². The molecule has 5 heterocycles. The van der Waals surface area contributed by atoms with E-state index in [1.807, 2.05) is 18.2 Å². The highest BCUT2D eigenvalue weighted by atomic mass is 16.7. The summed E-state index contributed by atoms with van der Waals surface area (Å²) in [6.07, 6.45) is 4.07. The molecule has 1 N–H and O–H groups in total. The van der Waals surface area contributed by atoms with Crippen LogP contribution in [0.25, 0.3) is 11.0 Å². The third-order valence-electron chi connectivity index (χ3n) is 5.03. The highest BCUT2D eigenvalue weighted by molar-refractivity contribution is 6.01. The van der Waals surface area contributed by atoms with Crippen LogP contribution in [0.4, 0.5) is 0 Å². The summed E-state index contributed by atoms with van der Waals surface area (Å²) in [5, 5.41) is 1.09. The highest BCUT2D eigenvalue weighted by Crippen LogP contribution is 2.41. The SMILES string of the molecule is c1cc2cc(C3=N[C@@]4(CN5CCC4CC5)ON3)ccc2o1. The number of amidine groups is 1. The van der Waals surface area contributed by atoms with Crippen molar-refractivity contribution in [3.8, 4) is 0 Å². The molecule has 1 aromatic heterocycles. The van der Waals surface area contributed by atoms with Crippen LogP contribution in [0.5, 0.6) is 0 Å². The Morgan fingerprint density at radius 1 is 1.24 bits per heavy atom. The van der Waals surface area contributed by atoms with E-state index in [9.17, 15) is 0 Å². The summed E-state index contributed by atoms with van der Waals surface area (Å²) in [7, 11) is 0. The number of piperidine rings is 3. The van der Waals surface area contributed by atoms with Crippen LogP contribution in [0.15, 0.2) is 39.9 Å². The lowest BCUT2D eigenvalue weighted by Gasteiger charge is -2.47. The zero-order valence-corrected chi connectivity index (χ0v) is 11.7. The van der Waals surface area contributed by atoms with Gasteiger partial charge in [0.1, 0.15) is 5.58 Å². The van der Waals surface area contributed by atoms with E-state index in [1.165, 1.54) is 25.9 Å². The van der Waals surface area contributed by atoms with Gasteiger partial charge in [-0.05, 0) is 50.2 Å². The van der Waals surface area contributed by atoms with Crippen molar-refractivity contribution >= 4 is 16.8 Å². The second-order valence-corrected chi connectivity index (χ2v) is 6.23. The van der Waals surface area contributed by atoms with Gasteiger partial charge in [-0.15, -0.1) is 0 Å². The fourth-order valence-corrected chi connectivity index (χ4v) is 3.84. The van der Waals surface area contributed by atoms with Gasteiger partial charge < -0.3 is 4.42 Å². The molecular weight excluding hydrogens is 266 g/mol. The second-order valence-electron chi connectivity index (χ2n) is 6.23. The quantitative estimate of drug-likeness (QED) is 0.871. The number of rotatable bonds is 1. The molecule has 6 rings (SSSR count). The summed E-state index contributed by atoms with van der Waals surface area (Å²) in [4.78, 5) is 13.3.